The van der Waals surface area contributed by atoms with Crippen LogP contribution in [0.3, 0.4) is 0 Å². The van der Waals surface area contributed by atoms with Crippen molar-refractivity contribution in [2.75, 3.05) is 13.2 Å². The fourth-order valence-electron chi connectivity index (χ4n) is 6.81. The van der Waals surface area contributed by atoms with Crippen LogP contribution in [0.25, 0.3) is 0 Å². The smallest absolute Gasteiger partial charge is 0.338 e. The maximum absolute atomic E-state index is 13.8. The van der Waals surface area contributed by atoms with E-state index >= 15 is 0 Å². The zero-order valence-corrected chi connectivity index (χ0v) is 33.3. The third kappa shape index (κ3) is 11.0. The molecule has 0 bridgehead atoms. The number of aliphatic hydroxyl groups excluding tert-OH is 3. The summed E-state index contributed by atoms with van der Waals surface area (Å²) in [4.78, 5) is 67.1. The van der Waals surface area contributed by atoms with E-state index in [0.717, 1.165) is 0 Å². The van der Waals surface area contributed by atoms with Gasteiger partial charge in [-0.05, 0) is 60.7 Å². The molecule has 2 aliphatic heterocycles. The Balaban J connectivity index is 1.26. The highest BCUT2D eigenvalue weighted by Crippen LogP contribution is 2.34. The van der Waals surface area contributed by atoms with Crippen molar-refractivity contribution in [1.29, 1.82) is 0 Å². The highest BCUT2D eigenvalue weighted by Gasteiger charge is 2.55. The van der Waals surface area contributed by atoms with Gasteiger partial charge in [-0.1, -0.05) is 91.0 Å². The van der Waals surface area contributed by atoms with Gasteiger partial charge in [-0.3, -0.25) is 0 Å². The summed E-state index contributed by atoms with van der Waals surface area (Å²) in [6, 6.07) is 38.9. The molecule has 2 saturated heterocycles. The van der Waals surface area contributed by atoms with Gasteiger partial charge < -0.3 is 53.2 Å². The average molecular weight is 863 g/mol. The van der Waals surface area contributed by atoms with E-state index in [9.17, 15) is 39.3 Å². The maximum Gasteiger partial charge on any atom is 0.338 e. The Morgan fingerprint density at radius 2 is 0.746 bits per heavy atom. The quantitative estimate of drug-likeness (QED) is 0.106. The molecule has 7 rings (SSSR count). The number of hydrogen-bond acceptors (Lipinski definition) is 16. The molecule has 2 heterocycles. The van der Waals surface area contributed by atoms with E-state index in [1.807, 2.05) is 0 Å². The molecule has 5 aromatic carbocycles. The maximum atomic E-state index is 13.8. The number of rotatable bonds is 14. The van der Waals surface area contributed by atoms with E-state index in [1.165, 1.54) is 60.7 Å². The van der Waals surface area contributed by atoms with Gasteiger partial charge in [0.1, 0.15) is 43.7 Å². The summed E-state index contributed by atoms with van der Waals surface area (Å²) in [6.45, 7) is -1.33. The van der Waals surface area contributed by atoms with Crippen LogP contribution in [0.1, 0.15) is 51.8 Å². The molecule has 5 aromatic rings. The van der Waals surface area contributed by atoms with Gasteiger partial charge in [0.2, 0.25) is 0 Å². The standard InChI is InChI=1S/C47H42O16/c48-35-33(26-56-41(50)28-16-6-1-7-17-28)59-47(38(36(35)49)60-43(52)30-20-10-3-11-21-30)63-37-34(27-57-42(51)29-18-8-2-9-19-29)58-46(55)40(62-45(54)32-24-14-5-15-25-32)39(37)61-44(53)31-22-12-4-13-23-31/h1-25,33-40,46-49,55H,26-27H2/t33?,34?,35-,36?,37+,38-,39?,40-,46+,47-/m0/s1. The van der Waals surface area contributed by atoms with Crippen molar-refractivity contribution < 1.29 is 77.2 Å². The zero-order valence-electron chi connectivity index (χ0n) is 33.3. The summed E-state index contributed by atoms with van der Waals surface area (Å²) in [5.74, 6) is -4.50. The second-order valence-electron chi connectivity index (χ2n) is 14.3. The number of hydrogen-bond donors (Lipinski definition) is 3. The summed E-state index contributed by atoms with van der Waals surface area (Å²) >= 11 is 0. The van der Waals surface area contributed by atoms with Crippen LogP contribution in [-0.2, 0) is 37.9 Å². The number of ether oxygens (including phenoxy) is 8. The predicted octanol–water partition coefficient (Wildman–Crippen LogP) is 3.93. The van der Waals surface area contributed by atoms with Crippen LogP contribution in [0.15, 0.2) is 152 Å². The van der Waals surface area contributed by atoms with Crippen molar-refractivity contribution in [2.45, 2.75) is 61.4 Å². The largest absolute Gasteiger partial charge is 0.459 e. The molecule has 0 aliphatic carbocycles. The Morgan fingerprint density at radius 1 is 0.397 bits per heavy atom. The number of carbonyl (C=O) groups excluding carboxylic acids is 5. The molecule has 10 atom stereocenters. The van der Waals surface area contributed by atoms with Gasteiger partial charge in [0.15, 0.2) is 30.9 Å². The van der Waals surface area contributed by atoms with Crippen molar-refractivity contribution in [1.82, 2.24) is 0 Å². The summed E-state index contributed by atoms with van der Waals surface area (Å²) in [6.07, 6.45) is -18.2. The topological polar surface area (TPSA) is 220 Å². The van der Waals surface area contributed by atoms with Crippen LogP contribution in [0.2, 0.25) is 0 Å². The third-order valence-corrected chi connectivity index (χ3v) is 10.1. The lowest BCUT2D eigenvalue weighted by Crippen LogP contribution is -2.66. The molecular formula is C47H42O16. The minimum absolute atomic E-state index is 0.0415. The second-order valence-corrected chi connectivity index (χ2v) is 14.3. The Morgan fingerprint density at radius 3 is 1.16 bits per heavy atom. The SMILES string of the molecule is O=C(OCC1O[C@@H](O[C@@H]2C(COC(=O)c3ccccc3)O[C@@H](O)[C@@H](OC(=O)c3ccccc3)C2OC(=O)c2ccccc2)[C@@H](OC(=O)c2ccccc2)C(O)[C@H]1O)c1ccccc1. The molecule has 2 fully saturated rings. The van der Waals surface area contributed by atoms with Crippen LogP contribution in [0.4, 0.5) is 0 Å². The molecule has 63 heavy (non-hydrogen) atoms. The Labute approximate surface area is 360 Å². The fourth-order valence-corrected chi connectivity index (χ4v) is 6.81. The molecule has 16 nitrogen and oxygen atoms in total. The predicted molar refractivity (Wildman–Crippen MR) is 217 cm³/mol. The fraction of sp³-hybridized carbons (Fsp3) is 0.255. The normalized spacial score (nSPS) is 25.4. The first kappa shape index (κ1) is 44.3. The first-order chi connectivity index (χ1) is 30.6. The number of aliphatic hydroxyl groups is 3. The van der Waals surface area contributed by atoms with Crippen molar-refractivity contribution in [3.05, 3.63) is 179 Å². The zero-order chi connectivity index (χ0) is 44.3. The van der Waals surface area contributed by atoms with Crippen LogP contribution in [0.5, 0.6) is 0 Å². The van der Waals surface area contributed by atoms with Gasteiger partial charge in [0, 0.05) is 0 Å². The monoisotopic (exact) mass is 862 g/mol. The van der Waals surface area contributed by atoms with Crippen LogP contribution < -0.4 is 0 Å². The highest BCUT2D eigenvalue weighted by atomic mass is 16.8. The lowest BCUT2D eigenvalue weighted by molar-refractivity contribution is -0.353. The molecule has 3 N–H and O–H groups in total. The molecule has 16 heteroatoms. The van der Waals surface area contributed by atoms with Crippen molar-refractivity contribution in [3.8, 4) is 0 Å². The highest BCUT2D eigenvalue weighted by molar-refractivity contribution is 5.91. The third-order valence-electron chi connectivity index (χ3n) is 10.1. The van der Waals surface area contributed by atoms with Gasteiger partial charge in [0.05, 0.1) is 27.8 Å². The molecular weight excluding hydrogens is 821 g/mol. The van der Waals surface area contributed by atoms with E-state index in [2.05, 4.69) is 0 Å². The van der Waals surface area contributed by atoms with Gasteiger partial charge in [0.25, 0.3) is 0 Å². The van der Waals surface area contributed by atoms with Gasteiger partial charge in [-0.25, -0.2) is 24.0 Å². The number of carbonyl (C=O) groups is 5. The summed E-state index contributed by atoms with van der Waals surface area (Å²) in [5, 5.41) is 34.5. The molecule has 0 radical (unpaired) electrons. The molecule has 326 valence electrons. The minimum atomic E-state index is -2.04. The summed E-state index contributed by atoms with van der Waals surface area (Å²) in [5.41, 5.74) is 0.481. The first-order valence-corrected chi connectivity index (χ1v) is 19.8. The molecule has 0 amide bonds. The van der Waals surface area contributed by atoms with Crippen molar-refractivity contribution >= 4 is 29.8 Å². The average Bonchev–Trinajstić information content (AvgIpc) is 3.33. The van der Waals surface area contributed by atoms with Crippen molar-refractivity contribution in [3.63, 3.8) is 0 Å². The van der Waals surface area contributed by atoms with Crippen LogP contribution in [-0.4, -0.2) is 120 Å². The van der Waals surface area contributed by atoms with Gasteiger partial charge in [-0.15, -0.1) is 0 Å². The lowest BCUT2D eigenvalue weighted by Gasteiger charge is -2.47. The Kier molecular flexibility index (Phi) is 14.7. The van der Waals surface area contributed by atoms with Crippen LogP contribution in [0, 0.1) is 0 Å². The molecule has 4 unspecified atom stereocenters. The summed E-state index contributed by atoms with van der Waals surface area (Å²) < 4.78 is 47.1. The minimum Gasteiger partial charge on any atom is -0.459 e. The van der Waals surface area contributed by atoms with E-state index in [-0.39, 0.29) is 27.8 Å². The first-order valence-electron chi connectivity index (χ1n) is 19.8. The van der Waals surface area contributed by atoms with Gasteiger partial charge >= 0.3 is 29.8 Å². The molecule has 0 aromatic heterocycles. The number of benzene rings is 5. The van der Waals surface area contributed by atoms with E-state index in [1.54, 1.807) is 91.0 Å². The summed E-state index contributed by atoms with van der Waals surface area (Å²) in [7, 11) is 0. The second kappa shape index (κ2) is 20.9. The molecule has 0 spiro atoms. The molecule has 2 aliphatic rings. The molecule has 0 saturated carbocycles. The van der Waals surface area contributed by atoms with E-state index in [4.69, 9.17) is 37.9 Å². The number of esters is 5. The van der Waals surface area contributed by atoms with E-state index in [0.29, 0.717) is 0 Å². The van der Waals surface area contributed by atoms with Crippen LogP contribution >= 0.6 is 0 Å². The Hall–Kier alpha value is -6.79. The van der Waals surface area contributed by atoms with E-state index < -0.39 is 104 Å². The van der Waals surface area contributed by atoms with Crippen molar-refractivity contribution in [2.24, 2.45) is 0 Å². The van der Waals surface area contributed by atoms with Gasteiger partial charge in [-0.2, -0.15) is 0 Å². The lowest BCUT2D eigenvalue weighted by atomic mass is 9.96. The Bertz CT molecular complexity index is 2300.